The molecule has 1 aromatic heterocycles. The van der Waals surface area contributed by atoms with E-state index in [-0.39, 0.29) is 18.3 Å². The highest BCUT2D eigenvalue weighted by atomic mass is 35.5. The van der Waals surface area contributed by atoms with E-state index >= 15 is 0 Å². The van der Waals surface area contributed by atoms with E-state index in [9.17, 15) is 4.79 Å². The monoisotopic (exact) mass is 492 g/mol. The molecule has 0 aliphatic carbocycles. The SMILES string of the molecule is CCn1c(COc2ccc(OC)cc2)nnc1SCC(=O)Nc1cc(OC)c(Cl)cc1OC. The molecule has 9 nitrogen and oxygen atoms in total. The van der Waals surface area contributed by atoms with Gasteiger partial charge in [-0.1, -0.05) is 23.4 Å². The molecule has 0 radical (unpaired) electrons. The number of carbonyl (C=O) groups excluding carboxylic acids is 1. The fourth-order valence-electron chi connectivity index (χ4n) is 2.94. The number of aromatic nitrogens is 3. The number of nitrogens with one attached hydrogen (secondary N) is 1. The molecule has 3 rings (SSSR count). The van der Waals surface area contributed by atoms with Crippen molar-refractivity contribution >= 4 is 35.0 Å². The van der Waals surface area contributed by atoms with Gasteiger partial charge in [0.25, 0.3) is 0 Å². The number of nitrogens with zero attached hydrogens (tertiary/aromatic N) is 3. The van der Waals surface area contributed by atoms with E-state index in [4.69, 9.17) is 30.5 Å². The molecule has 1 amide bonds. The van der Waals surface area contributed by atoms with E-state index < -0.39 is 0 Å². The molecule has 3 aromatic rings. The van der Waals surface area contributed by atoms with Gasteiger partial charge in [-0.2, -0.15) is 0 Å². The zero-order valence-corrected chi connectivity index (χ0v) is 20.3. The Labute approximate surface area is 201 Å². The predicted molar refractivity (Wildman–Crippen MR) is 127 cm³/mol. The summed E-state index contributed by atoms with van der Waals surface area (Å²) in [6, 6.07) is 10.5. The maximum Gasteiger partial charge on any atom is 0.234 e. The number of benzene rings is 2. The third-order valence-corrected chi connectivity index (χ3v) is 5.88. The zero-order valence-electron chi connectivity index (χ0n) is 18.8. The third kappa shape index (κ3) is 6.23. The first-order valence-electron chi connectivity index (χ1n) is 10.0. The van der Waals surface area contributed by atoms with Gasteiger partial charge in [-0.3, -0.25) is 4.79 Å². The lowest BCUT2D eigenvalue weighted by atomic mass is 10.2. The smallest absolute Gasteiger partial charge is 0.234 e. The van der Waals surface area contributed by atoms with Crippen molar-refractivity contribution in [2.24, 2.45) is 0 Å². The van der Waals surface area contributed by atoms with Crippen molar-refractivity contribution in [3.05, 3.63) is 47.2 Å². The Kier molecular flexibility index (Phi) is 8.67. The Morgan fingerprint density at radius 1 is 1.03 bits per heavy atom. The van der Waals surface area contributed by atoms with Gasteiger partial charge < -0.3 is 28.8 Å². The van der Waals surface area contributed by atoms with Crippen LogP contribution in [0.3, 0.4) is 0 Å². The van der Waals surface area contributed by atoms with Crippen LogP contribution in [-0.4, -0.2) is 47.8 Å². The molecule has 1 heterocycles. The van der Waals surface area contributed by atoms with Crippen molar-refractivity contribution < 1.29 is 23.7 Å². The number of ether oxygens (including phenoxy) is 4. The second-order valence-electron chi connectivity index (χ2n) is 6.63. The first kappa shape index (κ1) is 24.5. The van der Waals surface area contributed by atoms with Gasteiger partial charge in [-0.25, -0.2) is 0 Å². The van der Waals surface area contributed by atoms with E-state index in [1.807, 2.05) is 35.8 Å². The minimum absolute atomic E-state index is 0.131. The number of hydrogen-bond acceptors (Lipinski definition) is 8. The lowest BCUT2D eigenvalue weighted by Crippen LogP contribution is -2.15. The molecular formula is C22H25ClN4O5S. The third-order valence-electron chi connectivity index (χ3n) is 4.62. The average Bonchev–Trinajstić information content (AvgIpc) is 3.24. The Balaban J connectivity index is 1.61. The Bertz CT molecular complexity index is 1090. The van der Waals surface area contributed by atoms with Crippen molar-refractivity contribution in [3.63, 3.8) is 0 Å². The van der Waals surface area contributed by atoms with Crippen LogP contribution < -0.4 is 24.3 Å². The summed E-state index contributed by atoms with van der Waals surface area (Å²) in [5.74, 6) is 2.89. The normalized spacial score (nSPS) is 10.6. The maximum atomic E-state index is 12.6. The van der Waals surface area contributed by atoms with Crippen LogP contribution in [0.1, 0.15) is 12.7 Å². The molecule has 0 spiro atoms. The highest BCUT2D eigenvalue weighted by molar-refractivity contribution is 7.99. The molecule has 0 aliphatic rings. The second-order valence-corrected chi connectivity index (χ2v) is 7.98. The Morgan fingerprint density at radius 3 is 2.36 bits per heavy atom. The van der Waals surface area contributed by atoms with Gasteiger partial charge in [0.05, 0.1) is 37.8 Å². The summed E-state index contributed by atoms with van der Waals surface area (Å²) in [5, 5.41) is 12.3. The minimum atomic E-state index is -0.232. The summed E-state index contributed by atoms with van der Waals surface area (Å²) in [7, 11) is 4.62. The van der Waals surface area contributed by atoms with Crippen LogP contribution in [-0.2, 0) is 17.9 Å². The summed E-state index contributed by atoms with van der Waals surface area (Å²) in [5.41, 5.74) is 0.467. The van der Waals surface area contributed by atoms with E-state index in [2.05, 4.69) is 15.5 Å². The van der Waals surface area contributed by atoms with Gasteiger partial charge in [0.15, 0.2) is 11.0 Å². The molecule has 0 aliphatic heterocycles. The number of anilines is 1. The summed E-state index contributed by atoms with van der Waals surface area (Å²) in [4.78, 5) is 12.6. The van der Waals surface area contributed by atoms with Crippen molar-refractivity contribution in [3.8, 4) is 23.0 Å². The van der Waals surface area contributed by atoms with Gasteiger partial charge >= 0.3 is 0 Å². The molecule has 0 saturated carbocycles. The first-order chi connectivity index (χ1) is 16.0. The predicted octanol–water partition coefficient (Wildman–Crippen LogP) is 4.29. The van der Waals surface area contributed by atoms with Crippen molar-refractivity contribution in [2.45, 2.75) is 25.2 Å². The van der Waals surface area contributed by atoms with Gasteiger partial charge in [-0.05, 0) is 31.2 Å². The van der Waals surface area contributed by atoms with Gasteiger partial charge in [0, 0.05) is 18.7 Å². The summed E-state index contributed by atoms with van der Waals surface area (Å²) >= 11 is 7.40. The average molecular weight is 493 g/mol. The van der Waals surface area contributed by atoms with E-state index in [0.717, 1.165) is 5.75 Å². The molecule has 11 heteroatoms. The van der Waals surface area contributed by atoms with Gasteiger partial charge in [-0.15, -0.1) is 10.2 Å². The van der Waals surface area contributed by atoms with Gasteiger partial charge in [0.2, 0.25) is 5.91 Å². The van der Waals surface area contributed by atoms with Crippen LogP contribution in [0.25, 0.3) is 0 Å². The first-order valence-corrected chi connectivity index (χ1v) is 11.4. The number of hydrogen-bond donors (Lipinski definition) is 1. The fourth-order valence-corrected chi connectivity index (χ4v) is 4.00. The van der Waals surface area contributed by atoms with E-state index in [1.165, 1.54) is 26.0 Å². The van der Waals surface area contributed by atoms with E-state index in [0.29, 0.717) is 45.5 Å². The molecule has 1 N–H and O–H groups in total. The number of carbonyl (C=O) groups is 1. The van der Waals surface area contributed by atoms with Crippen LogP contribution >= 0.6 is 23.4 Å². The molecule has 0 unspecified atom stereocenters. The molecule has 0 bridgehead atoms. The number of amides is 1. The topological polar surface area (TPSA) is 96.7 Å². The van der Waals surface area contributed by atoms with Crippen molar-refractivity contribution in [1.29, 1.82) is 0 Å². The second kappa shape index (κ2) is 11.7. The summed E-state index contributed by atoms with van der Waals surface area (Å²) < 4.78 is 23.4. The van der Waals surface area contributed by atoms with Crippen LogP contribution in [0.5, 0.6) is 23.0 Å². The van der Waals surface area contributed by atoms with Crippen molar-refractivity contribution in [1.82, 2.24) is 14.8 Å². The number of methoxy groups -OCH3 is 3. The maximum absolute atomic E-state index is 12.6. The van der Waals surface area contributed by atoms with E-state index in [1.54, 1.807) is 19.2 Å². The van der Waals surface area contributed by atoms with Crippen LogP contribution in [0.2, 0.25) is 5.02 Å². The van der Waals surface area contributed by atoms with Crippen LogP contribution in [0.4, 0.5) is 5.69 Å². The summed E-state index contributed by atoms with van der Waals surface area (Å²) in [6.07, 6.45) is 0. The number of halogens is 1. The quantitative estimate of drug-likeness (QED) is 0.396. The highest BCUT2D eigenvalue weighted by Crippen LogP contribution is 2.36. The Morgan fingerprint density at radius 2 is 1.73 bits per heavy atom. The lowest BCUT2D eigenvalue weighted by Gasteiger charge is -2.13. The molecular weight excluding hydrogens is 468 g/mol. The standard InChI is InChI=1S/C22H25ClN4O5S/c1-5-27-20(12-32-15-8-6-14(29-2)7-9-15)25-26-22(27)33-13-21(28)24-17-11-18(30-3)16(23)10-19(17)31-4/h6-11H,5,12-13H2,1-4H3,(H,24,28). The number of thioether (sulfide) groups is 1. The molecule has 0 atom stereocenters. The van der Waals surface area contributed by atoms with Crippen molar-refractivity contribution in [2.75, 3.05) is 32.4 Å². The Hall–Kier alpha value is -3.11. The highest BCUT2D eigenvalue weighted by Gasteiger charge is 2.16. The molecule has 2 aromatic carbocycles. The fraction of sp³-hybridized carbons (Fsp3) is 0.318. The number of rotatable bonds is 11. The molecule has 0 saturated heterocycles. The molecule has 176 valence electrons. The minimum Gasteiger partial charge on any atom is -0.497 e. The molecule has 0 fully saturated rings. The lowest BCUT2D eigenvalue weighted by molar-refractivity contribution is -0.113. The summed E-state index contributed by atoms with van der Waals surface area (Å²) in [6.45, 7) is 2.87. The molecule has 33 heavy (non-hydrogen) atoms. The van der Waals surface area contributed by atoms with Crippen LogP contribution in [0, 0.1) is 0 Å². The van der Waals surface area contributed by atoms with Gasteiger partial charge in [0.1, 0.15) is 29.6 Å². The largest absolute Gasteiger partial charge is 0.497 e. The zero-order chi connectivity index (χ0) is 23.8. The van der Waals surface area contributed by atoms with Crippen LogP contribution in [0.15, 0.2) is 41.6 Å².